The van der Waals surface area contributed by atoms with Gasteiger partial charge in [-0.1, -0.05) is 15.9 Å². The summed E-state index contributed by atoms with van der Waals surface area (Å²) >= 11 is 3.52. The Morgan fingerprint density at radius 1 is 1.53 bits per heavy atom. The lowest BCUT2D eigenvalue weighted by atomic mass is 9.89. The Kier molecular flexibility index (Phi) is 3.36. The molecule has 4 heteroatoms. The van der Waals surface area contributed by atoms with Gasteiger partial charge in [0.15, 0.2) is 11.5 Å². The minimum Gasteiger partial charge on any atom is -0.504 e. The third-order valence-corrected chi connectivity index (χ3v) is 4.43. The quantitative estimate of drug-likeness (QED) is 0.882. The molecule has 0 bridgehead atoms. The molecule has 1 heterocycles. The van der Waals surface area contributed by atoms with Crippen LogP contribution in [0.2, 0.25) is 0 Å². The van der Waals surface area contributed by atoms with E-state index >= 15 is 0 Å². The summed E-state index contributed by atoms with van der Waals surface area (Å²) < 4.78 is 6.26. The number of phenolic OH excluding ortho intramolecular Hbond substituents is 1. The minimum atomic E-state index is -0.159. The second kappa shape index (κ2) is 4.50. The van der Waals surface area contributed by atoms with Crippen LogP contribution in [0.4, 0.5) is 0 Å². The Morgan fingerprint density at radius 3 is 2.76 bits per heavy atom. The van der Waals surface area contributed by atoms with Crippen molar-refractivity contribution in [2.24, 2.45) is 0 Å². The van der Waals surface area contributed by atoms with Crippen LogP contribution < -0.4 is 10.1 Å². The number of phenols is 1. The molecule has 1 fully saturated rings. The first kappa shape index (κ1) is 12.7. The summed E-state index contributed by atoms with van der Waals surface area (Å²) in [4.78, 5) is 0. The van der Waals surface area contributed by atoms with E-state index in [1.807, 2.05) is 13.0 Å². The number of methoxy groups -OCH3 is 1. The summed E-state index contributed by atoms with van der Waals surface area (Å²) in [6, 6.07) is 1.99. The monoisotopic (exact) mass is 299 g/mol. The lowest BCUT2D eigenvalue weighted by Gasteiger charge is -2.27. The third-order valence-electron chi connectivity index (χ3n) is 3.61. The smallest absolute Gasteiger partial charge is 0.164 e. The van der Waals surface area contributed by atoms with Gasteiger partial charge in [0, 0.05) is 21.1 Å². The van der Waals surface area contributed by atoms with Crippen molar-refractivity contribution in [1.29, 1.82) is 0 Å². The average molecular weight is 300 g/mol. The Balaban J connectivity index is 2.58. The van der Waals surface area contributed by atoms with E-state index in [1.54, 1.807) is 7.11 Å². The Morgan fingerprint density at radius 2 is 2.24 bits per heavy atom. The van der Waals surface area contributed by atoms with Crippen LogP contribution in [0.25, 0.3) is 0 Å². The molecule has 3 nitrogen and oxygen atoms in total. The van der Waals surface area contributed by atoms with E-state index in [-0.39, 0.29) is 11.3 Å². The van der Waals surface area contributed by atoms with Gasteiger partial charge in [-0.2, -0.15) is 0 Å². The zero-order valence-electron chi connectivity index (χ0n) is 10.4. The largest absolute Gasteiger partial charge is 0.504 e. The molecule has 1 aliphatic rings. The van der Waals surface area contributed by atoms with Crippen LogP contribution in [0, 0.1) is 6.92 Å². The molecule has 1 aliphatic heterocycles. The SMILES string of the molecule is COc1c(C)c(Br)cc(C2(C)CCCN2)c1O. The van der Waals surface area contributed by atoms with Crippen molar-refractivity contribution in [3.63, 3.8) is 0 Å². The molecule has 1 unspecified atom stereocenters. The maximum atomic E-state index is 10.3. The fourth-order valence-electron chi connectivity index (χ4n) is 2.51. The zero-order chi connectivity index (χ0) is 12.6. The molecule has 17 heavy (non-hydrogen) atoms. The fourth-order valence-corrected chi connectivity index (χ4v) is 2.92. The van der Waals surface area contributed by atoms with Crippen molar-refractivity contribution in [1.82, 2.24) is 5.32 Å². The highest BCUT2D eigenvalue weighted by molar-refractivity contribution is 9.10. The van der Waals surface area contributed by atoms with E-state index in [0.29, 0.717) is 5.75 Å². The van der Waals surface area contributed by atoms with Crippen LogP contribution in [-0.4, -0.2) is 18.8 Å². The van der Waals surface area contributed by atoms with Crippen molar-refractivity contribution >= 4 is 15.9 Å². The van der Waals surface area contributed by atoms with Gasteiger partial charge in [-0.15, -0.1) is 0 Å². The van der Waals surface area contributed by atoms with E-state index in [2.05, 4.69) is 28.2 Å². The number of hydrogen-bond acceptors (Lipinski definition) is 3. The summed E-state index contributed by atoms with van der Waals surface area (Å²) in [6.45, 7) is 5.04. The predicted octanol–water partition coefficient (Wildman–Crippen LogP) is 3.07. The molecule has 0 aromatic heterocycles. The first-order chi connectivity index (χ1) is 7.99. The Hall–Kier alpha value is -0.740. The maximum Gasteiger partial charge on any atom is 0.164 e. The molecule has 0 spiro atoms. The maximum absolute atomic E-state index is 10.3. The first-order valence-corrected chi connectivity index (χ1v) is 6.60. The molecule has 0 aliphatic carbocycles. The van der Waals surface area contributed by atoms with Gasteiger partial charge in [0.25, 0.3) is 0 Å². The van der Waals surface area contributed by atoms with Gasteiger partial charge in [0.1, 0.15) is 0 Å². The fraction of sp³-hybridized carbons (Fsp3) is 0.538. The molecule has 0 radical (unpaired) electrons. The van der Waals surface area contributed by atoms with Gasteiger partial charge in [-0.3, -0.25) is 0 Å². The summed E-state index contributed by atoms with van der Waals surface area (Å²) in [6.07, 6.45) is 2.16. The predicted molar refractivity (Wildman–Crippen MR) is 71.7 cm³/mol. The number of hydrogen-bond donors (Lipinski definition) is 2. The molecule has 1 saturated heterocycles. The Bertz CT molecular complexity index is 440. The van der Waals surface area contributed by atoms with Gasteiger partial charge in [-0.25, -0.2) is 0 Å². The summed E-state index contributed by atoms with van der Waals surface area (Å²) in [7, 11) is 1.59. The number of aromatic hydroxyl groups is 1. The highest BCUT2D eigenvalue weighted by atomic mass is 79.9. The minimum absolute atomic E-state index is 0.159. The van der Waals surface area contributed by atoms with E-state index in [1.165, 1.54) is 0 Å². The molecule has 2 N–H and O–H groups in total. The second-order valence-corrected chi connectivity index (χ2v) is 5.63. The summed E-state index contributed by atoms with van der Waals surface area (Å²) in [5.41, 5.74) is 1.67. The number of ether oxygens (including phenoxy) is 1. The van der Waals surface area contributed by atoms with Crippen LogP contribution in [0.3, 0.4) is 0 Å². The zero-order valence-corrected chi connectivity index (χ0v) is 12.0. The molecule has 1 atom stereocenters. The van der Waals surface area contributed by atoms with Crippen LogP contribution in [0.15, 0.2) is 10.5 Å². The lowest BCUT2D eigenvalue weighted by molar-refractivity contribution is 0.348. The molecule has 0 amide bonds. The standard InChI is InChI=1S/C13H18BrNO2/c1-8-10(14)7-9(11(16)12(8)17-3)13(2)5-4-6-15-13/h7,15-16H,4-6H2,1-3H3. The number of halogens is 1. The number of nitrogens with one attached hydrogen (secondary N) is 1. The molecule has 1 aromatic carbocycles. The normalized spacial score (nSPS) is 24.0. The van der Waals surface area contributed by atoms with Gasteiger partial charge in [-0.05, 0) is 39.3 Å². The molecular weight excluding hydrogens is 282 g/mol. The topological polar surface area (TPSA) is 41.5 Å². The average Bonchev–Trinajstić information content (AvgIpc) is 2.72. The van der Waals surface area contributed by atoms with Crippen LogP contribution in [0.1, 0.15) is 30.9 Å². The Labute approximate surface area is 110 Å². The third kappa shape index (κ3) is 2.04. The number of rotatable bonds is 2. The molecule has 2 rings (SSSR count). The van der Waals surface area contributed by atoms with E-state index < -0.39 is 0 Å². The van der Waals surface area contributed by atoms with Crippen molar-refractivity contribution in [3.05, 3.63) is 21.7 Å². The van der Waals surface area contributed by atoms with Crippen molar-refractivity contribution < 1.29 is 9.84 Å². The van der Waals surface area contributed by atoms with Crippen molar-refractivity contribution in [2.45, 2.75) is 32.2 Å². The molecule has 0 saturated carbocycles. The van der Waals surface area contributed by atoms with Crippen molar-refractivity contribution in [2.75, 3.05) is 13.7 Å². The number of benzene rings is 1. The van der Waals surface area contributed by atoms with E-state index in [9.17, 15) is 5.11 Å². The van der Waals surface area contributed by atoms with Gasteiger partial charge in [0.2, 0.25) is 0 Å². The molecule has 1 aromatic rings. The van der Waals surface area contributed by atoms with Crippen LogP contribution in [-0.2, 0) is 5.54 Å². The highest BCUT2D eigenvalue weighted by Gasteiger charge is 2.34. The van der Waals surface area contributed by atoms with Crippen LogP contribution >= 0.6 is 15.9 Å². The highest BCUT2D eigenvalue weighted by Crippen LogP contribution is 2.44. The van der Waals surface area contributed by atoms with Gasteiger partial charge < -0.3 is 15.2 Å². The molecule has 94 valence electrons. The van der Waals surface area contributed by atoms with Crippen LogP contribution in [0.5, 0.6) is 11.5 Å². The summed E-state index contributed by atoms with van der Waals surface area (Å²) in [5, 5.41) is 13.8. The van der Waals surface area contributed by atoms with Crippen molar-refractivity contribution in [3.8, 4) is 11.5 Å². The van der Waals surface area contributed by atoms with Gasteiger partial charge >= 0.3 is 0 Å². The molecular formula is C13H18BrNO2. The van der Waals surface area contributed by atoms with E-state index in [0.717, 1.165) is 35.0 Å². The first-order valence-electron chi connectivity index (χ1n) is 5.81. The summed E-state index contributed by atoms with van der Waals surface area (Å²) in [5.74, 6) is 0.814. The lowest BCUT2D eigenvalue weighted by Crippen LogP contribution is -2.33. The second-order valence-electron chi connectivity index (χ2n) is 4.78. The van der Waals surface area contributed by atoms with E-state index in [4.69, 9.17) is 4.74 Å². The van der Waals surface area contributed by atoms with Gasteiger partial charge in [0.05, 0.1) is 7.11 Å².